The van der Waals surface area contributed by atoms with Crippen molar-refractivity contribution in [2.24, 2.45) is 0 Å². The Morgan fingerprint density at radius 3 is 1.78 bits per heavy atom. The van der Waals surface area contributed by atoms with Gasteiger partial charge >= 0.3 is 0 Å². The van der Waals surface area contributed by atoms with Crippen LogP contribution in [0.3, 0.4) is 0 Å². The second kappa shape index (κ2) is 30.7. The molecule has 0 aliphatic carbocycles. The summed E-state index contributed by atoms with van der Waals surface area (Å²) in [6.45, 7) is 3.48. The van der Waals surface area contributed by atoms with Crippen molar-refractivity contribution in [3.63, 3.8) is 0 Å². The zero-order valence-electron chi connectivity index (χ0n) is 31.0. The maximum absolute atomic E-state index is 12.9. The molecule has 1 fully saturated rings. The first-order chi connectivity index (χ1) is 24.3. The van der Waals surface area contributed by atoms with Gasteiger partial charge in [0, 0.05) is 0 Å². The molecule has 8 atom stereocenters. The number of nitrogens with one attached hydrogen (secondary N) is 1. The average molecular weight is 710 g/mol. The van der Waals surface area contributed by atoms with Crippen LogP contribution < -0.4 is 5.32 Å². The number of hydrogen-bond acceptors (Lipinski definition) is 9. The molecule has 1 rings (SSSR count). The lowest BCUT2D eigenvalue weighted by molar-refractivity contribution is -0.302. The first-order valence-corrected chi connectivity index (χ1v) is 19.5. The Morgan fingerprint density at radius 1 is 0.680 bits per heavy atom. The van der Waals surface area contributed by atoms with Crippen molar-refractivity contribution in [2.45, 2.75) is 185 Å². The van der Waals surface area contributed by atoms with Gasteiger partial charge < -0.3 is 45.4 Å². The molecule has 290 valence electrons. The van der Waals surface area contributed by atoms with E-state index in [0.29, 0.717) is 12.8 Å². The summed E-state index contributed by atoms with van der Waals surface area (Å²) >= 11 is 0. The van der Waals surface area contributed by atoms with Crippen LogP contribution in [0.25, 0.3) is 0 Å². The van der Waals surface area contributed by atoms with E-state index in [1.165, 1.54) is 57.8 Å². The van der Waals surface area contributed by atoms with Crippen molar-refractivity contribution in [1.82, 2.24) is 5.32 Å². The predicted octanol–water partition coefficient (Wildman–Crippen LogP) is 5.69. The molecule has 1 heterocycles. The molecular formula is C40H71NO9. The van der Waals surface area contributed by atoms with Crippen LogP contribution in [0.5, 0.6) is 0 Å². The summed E-state index contributed by atoms with van der Waals surface area (Å²) in [5.41, 5.74) is 0. The Morgan fingerprint density at radius 2 is 1.18 bits per heavy atom. The summed E-state index contributed by atoms with van der Waals surface area (Å²) in [7, 11) is 0. The number of rotatable bonds is 30. The Balaban J connectivity index is 2.59. The number of amides is 1. The lowest BCUT2D eigenvalue weighted by Gasteiger charge is -2.40. The maximum atomic E-state index is 12.9. The Hall–Kier alpha value is -1.89. The highest BCUT2D eigenvalue weighted by atomic mass is 16.7. The summed E-state index contributed by atoms with van der Waals surface area (Å²) in [6, 6.07) is -1.01. The zero-order chi connectivity index (χ0) is 36.8. The standard InChI is InChI=1S/C40H71NO9/c1-3-5-7-9-11-13-15-17-19-20-22-24-26-28-33(43)32(31-49-40-38(47)37(46)36(45)35(30-42)50-40)41-39(48)34(44)29-27-25-23-21-18-16-14-12-10-8-6-4-2/h11,13,18-21,26,28,32-38,40,42-47H,3-10,12,14-17,22-25,27,29-31H2,1-2H3,(H,41,48)/b13-11+,20-19+,21-18-,28-26+. The van der Waals surface area contributed by atoms with Crippen LogP contribution >= 0.6 is 0 Å². The van der Waals surface area contributed by atoms with Crippen molar-refractivity contribution in [2.75, 3.05) is 13.2 Å². The van der Waals surface area contributed by atoms with Crippen LogP contribution in [-0.2, 0) is 14.3 Å². The molecule has 1 saturated heterocycles. The number of hydrogen-bond donors (Lipinski definition) is 7. The minimum atomic E-state index is -1.62. The third-order valence-corrected chi connectivity index (χ3v) is 8.96. The van der Waals surface area contributed by atoms with Gasteiger partial charge in [0.2, 0.25) is 5.91 Å². The molecule has 1 aliphatic rings. The number of aliphatic hydroxyl groups is 6. The highest BCUT2D eigenvalue weighted by Crippen LogP contribution is 2.22. The summed E-state index contributed by atoms with van der Waals surface area (Å²) in [5, 5.41) is 64.2. The van der Waals surface area contributed by atoms with E-state index >= 15 is 0 Å². The van der Waals surface area contributed by atoms with E-state index in [1.54, 1.807) is 6.08 Å². The van der Waals surface area contributed by atoms with Crippen molar-refractivity contribution < 1.29 is 44.9 Å². The van der Waals surface area contributed by atoms with E-state index in [1.807, 2.05) is 6.08 Å². The topological polar surface area (TPSA) is 169 Å². The van der Waals surface area contributed by atoms with Gasteiger partial charge in [-0.05, 0) is 70.6 Å². The molecule has 50 heavy (non-hydrogen) atoms. The normalized spacial score (nSPS) is 23.4. The fourth-order valence-corrected chi connectivity index (χ4v) is 5.66. The lowest BCUT2D eigenvalue weighted by atomic mass is 9.99. The molecular weight excluding hydrogens is 638 g/mol. The van der Waals surface area contributed by atoms with Crippen molar-refractivity contribution in [3.05, 3.63) is 48.6 Å². The number of ether oxygens (including phenoxy) is 2. The molecule has 10 heteroatoms. The van der Waals surface area contributed by atoms with Crippen molar-refractivity contribution >= 4 is 5.91 Å². The smallest absolute Gasteiger partial charge is 0.249 e. The molecule has 0 aromatic rings. The molecule has 0 aromatic heterocycles. The highest BCUT2D eigenvalue weighted by Gasteiger charge is 2.44. The molecule has 1 aliphatic heterocycles. The van der Waals surface area contributed by atoms with Crippen LogP contribution in [0.1, 0.15) is 136 Å². The lowest BCUT2D eigenvalue weighted by Crippen LogP contribution is -2.60. The van der Waals surface area contributed by atoms with Gasteiger partial charge in [0.15, 0.2) is 6.29 Å². The SMILES string of the molecule is CCCCC/C=C/CC/C=C/CC/C=C/C(O)C(COC1OC(CO)C(O)C(O)C1O)NC(=O)C(O)CCCC/C=C\CCCCCCCC. The maximum Gasteiger partial charge on any atom is 0.249 e. The Bertz CT molecular complexity index is 938. The summed E-state index contributed by atoms with van der Waals surface area (Å²) in [5.74, 6) is -0.652. The minimum absolute atomic E-state index is 0.268. The summed E-state index contributed by atoms with van der Waals surface area (Å²) in [6.07, 6.45) is 26.3. The largest absolute Gasteiger partial charge is 0.394 e. The quantitative estimate of drug-likeness (QED) is 0.0366. The number of carbonyl (C=O) groups excluding carboxylic acids is 1. The predicted molar refractivity (Wildman–Crippen MR) is 199 cm³/mol. The van der Waals surface area contributed by atoms with E-state index < -0.39 is 61.5 Å². The third kappa shape index (κ3) is 21.5. The highest BCUT2D eigenvalue weighted by molar-refractivity contribution is 5.80. The molecule has 7 N–H and O–H groups in total. The Kier molecular flexibility index (Phi) is 28.3. The molecule has 0 spiro atoms. The molecule has 0 aromatic carbocycles. The van der Waals surface area contributed by atoms with Crippen LogP contribution in [0, 0.1) is 0 Å². The van der Waals surface area contributed by atoms with Crippen LogP contribution in [-0.4, -0.2) is 98.7 Å². The number of aliphatic hydroxyl groups excluding tert-OH is 6. The molecule has 8 unspecified atom stereocenters. The first-order valence-electron chi connectivity index (χ1n) is 19.5. The summed E-state index contributed by atoms with van der Waals surface area (Å²) in [4.78, 5) is 12.9. The minimum Gasteiger partial charge on any atom is -0.394 e. The van der Waals surface area contributed by atoms with Gasteiger partial charge in [-0.25, -0.2) is 0 Å². The van der Waals surface area contributed by atoms with Crippen LogP contribution in [0.15, 0.2) is 48.6 Å². The van der Waals surface area contributed by atoms with Gasteiger partial charge in [0.1, 0.15) is 30.5 Å². The number of allylic oxidation sites excluding steroid dienone is 7. The summed E-state index contributed by atoms with van der Waals surface area (Å²) < 4.78 is 11.0. The van der Waals surface area contributed by atoms with E-state index in [2.05, 4.69) is 55.6 Å². The average Bonchev–Trinajstić information content (AvgIpc) is 3.11. The van der Waals surface area contributed by atoms with Crippen molar-refractivity contribution in [3.8, 4) is 0 Å². The number of unbranched alkanes of at least 4 members (excludes halogenated alkanes) is 13. The molecule has 0 bridgehead atoms. The van der Waals surface area contributed by atoms with Crippen LogP contribution in [0.2, 0.25) is 0 Å². The molecule has 0 radical (unpaired) electrons. The zero-order valence-corrected chi connectivity index (χ0v) is 31.0. The second-order valence-electron chi connectivity index (χ2n) is 13.5. The van der Waals surface area contributed by atoms with Gasteiger partial charge in [-0.3, -0.25) is 4.79 Å². The third-order valence-electron chi connectivity index (χ3n) is 8.96. The van der Waals surface area contributed by atoms with Gasteiger partial charge in [-0.2, -0.15) is 0 Å². The van der Waals surface area contributed by atoms with E-state index in [9.17, 15) is 35.4 Å². The van der Waals surface area contributed by atoms with E-state index in [0.717, 1.165) is 44.9 Å². The fraction of sp³-hybridized carbons (Fsp3) is 0.775. The molecule has 0 saturated carbocycles. The van der Waals surface area contributed by atoms with Gasteiger partial charge in [0.05, 0.1) is 25.4 Å². The van der Waals surface area contributed by atoms with E-state index in [-0.39, 0.29) is 13.0 Å². The van der Waals surface area contributed by atoms with Gasteiger partial charge in [-0.15, -0.1) is 0 Å². The first kappa shape index (κ1) is 46.1. The van der Waals surface area contributed by atoms with E-state index in [4.69, 9.17) is 9.47 Å². The fourth-order valence-electron chi connectivity index (χ4n) is 5.66. The van der Waals surface area contributed by atoms with Gasteiger partial charge in [0.25, 0.3) is 0 Å². The second-order valence-corrected chi connectivity index (χ2v) is 13.5. The van der Waals surface area contributed by atoms with Gasteiger partial charge in [-0.1, -0.05) is 114 Å². The van der Waals surface area contributed by atoms with Crippen molar-refractivity contribution in [1.29, 1.82) is 0 Å². The Labute approximate surface area is 302 Å². The molecule has 1 amide bonds. The number of carbonyl (C=O) groups is 1. The van der Waals surface area contributed by atoms with Crippen LogP contribution in [0.4, 0.5) is 0 Å². The monoisotopic (exact) mass is 710 g/mol. The molecule has 10 nitrogen and oxygen atoms in total.